The predicted octanol–water partition coefficient (Wildman–Crippen LogP) is 5.34. The van der Waals surface area contributed by atoms with Crippen LogP contribution >= 0.6 is 0 Å². The summed E-state index contributed by atoms with van der Waals surface area (Å²) in [7, 11) is 0. The lowest BCUT2D eigenvalue weighted by atomic mass is 9.95. The summed E-state index contributed by atoms with van der Waals surface area (Å²) in [6.45, 7) is 5.42. The molecule has 0 bridgehead atoms. The smallest absolute Gasteiger partial charge is 0.229 e. The molecular formula is C26H21FN8O2. The predicted molar refractivity (Wildman–Crippen MR) is 136 cm³/mol. The van der Waals surface area contributed by atoms with Crippen LogP contribution in [0.1, 0.15) is 20.8 Å². The first-order valence-corrected chi connectivity index (χ1v) is 11.5. The second kappa shape index (κ2) is 8.33. The van der Waals surface area contributed by atoms with E-state index in [0.717, 1.165) is 11.1 Å². The lowest BCUT2D eigenvalue weighted by Gasteiger charge is -2.17. The van der Waals surface area contributed by atoms with Crippen molar-refractivity contribution in [2.24, 2.45) is 5.41 Å². The second-order valence-electron chi connectivity index (χ2n) is 9.63. The van der Waals surface area contributed by atoms with Gasteiger partial charge in [-0.2, -0.15) is 5.10 Å². The number of aromatic amines is 2. The second-order valence-corrected chi connectivity index (χ2v) is 9.63. The molecule has 0 saturated heterocycles. The number of hydrogen-bond acceptors (Lipinski definition) is 7. The molecular weight excluding hydrogens is 475 g/mol. The maximum atomic E-state index is 16.0. The summed E-state index contributed by atoms with van der Waals surface area (Å²) < 4.78 is 21.2. The quantitative estimate of drug-likeness (QED) is 0.299. The Hall–Kier alpha value is -4.93. The Kier molecular flexibility index (Phi) is 5.07. The topological polar surface area (TPSA) is 138 Å². The molecule has 0 aliphatic rings. The van der Waals surface area contributed by atoms with E-state index in [1.165, 1.54) is 18.6 Å². The molecule has 0 aliphatic heterocycles. The number of hydrogen-bond donors (Lipinski definition) is 3. The van der Waals surface area contributed by atoms with Crippen LogP contribution in [0.2, 0.25) is 0 Å². The van der Waals surface area contributed by atoms with E-state index in [9.17, 15) is 4.79 Å². The van der Waals surface area contributed by atoms with Crippen molar-refractivity contribution >= 4 is 33.5 Å². The third-order valence-corrected chi connectivity index (χ3v) is 5.95. The maximum absolute atomic E-state index is 16.0. The molecule has 0 fully saturated rings. The number of rotatable bonds is 4. The minimum Gasteiger partial charge on any atom is -0.472 e. The van der Waals surface area contributed by atoms with E-state index in [0.29, 0.717) is 39.3 Å². The first kappa shape index (κ1) is 22.5. The third kappa shape index (κ3) is 3.90. The number of halogens is 1. The van der Waals surface area contributed by atoms with Gasteiger partial charge in [0, 0.05) is 34.5 Å². The van der Waals surface area contributed by atoms with Crippen LogP contribution in [0.25, 0.3) is 55.8 Å². The lowest BCUT2D eigenvalue weighted by Crippen LogP contribution is -2.27. The van der Waals surface area contributed by atoms with Gasteiger partial charge in [-0.3, -0.25) is 24.8 Å². The van der Waals surface area contributed by atoms with Gasteiger partial charge in [-0.25, -0.2) is 9.37 Å². The molecule has 6 aromatic rings. The van der Waals surface area contributed by atoms with Crippen LogP contribution in [0, 0.1) is 11.2 Å². The summed E-state index contributed by atoms with van der Waals surface area (Å²) in [5, 5.41) is 10.2. The summed E-state index contributed by atoms with van der Waals surface area (Å²) in [6.07, 6.45) is 11.0. The SMILES string of the molecule is CC(C)(C)C(=O)Nc1cncc(-c2ncc3[nH]nc(-c4nc5c(-c6ccoc6)cncc5[nH]4)c3c2F)c1. The van der Waals surface area contributed by atoms with E-state index in [1.807, 2.05) is 26.8 Å². The molecule has 3 N–H and O–H groups in total. The van der Waals surface area contributed by atoms with Crippen LogP contribution in [-0.4, -0.2) is 41.0 Å². The van der Waals surface area contributed by atoms with Crippen molar-refractivity contribution in [3.05, 3.63) is 61.5 Å². The van der Waals surface area contributed by atoms with E-state index in [-0.39, 0.29) is 17.0 Å². The molecule has 10 nitrogen and oxygen atoms in total. The van der Waals surface area contributed by atoms with Gasteiger partial charge in [0.1, 0.15) is 16.9 Å². The highest BCUT2D eigenvalue weighted by Gasteiger charge is 2.23. The number of amides is 1. The van der Waals surface area contributed by atoms with Crippen LogP contribution in [0.15, 0.2) is 60.1 Å². The number of nitrogens with zero attached hydrogens (tertiary/aromatic N) is 5. The number of fused-ring (bicyclic) bond motifs is 2. The van der Waals surface area contributed by atoms with E-state index in [1.54, 1.807) is 31.0 Å². The van der Waals surface area contributed by atoms with Gasteiger partial charge in [0.2, 0.25) is 5.91 Å². The molecule has 6 heterocycles. The third-order valence-electron chi connectivity index (χ3n) is 5.95. The molecule has 37 heavy (non-hydrogen) atoms. The fraction of sp³-hybridized carbons (Fsp3) is 0.154. The van der Waals surface area contributed by atoms with Gasteiger partial charge in [0.15, 0.2) is 11.6 Å². The van der Waals surface area contributed by atoms with Crippen molar-refractivity contribution in [2.75, 3.05) is 5.32 Å². The average molecular weight is 497 g/mol. The van der Waals surface area contributed by atoms with Crippen LogP contribution in [-0.2, 0) is 4.79 Å². The van der Waals surface area contributed by atoms with E-state index < -0.39 is 11.2 Å². The Morgan fingerprint density at radius 3 is 2.65 bits per heavy atom. The molecule has 0 unspecified atom stereocenters. The Balaban J connectivity index is 1.44. The summed E-state index contributed by atoms with van der Waals surface area (Å²) in [5.74, 6) is -0.392. The minimum atomic E-state index is -0.594. The van der Waals surface area contributed by atoms with Gasteiger partial charge in [-0.1, -0.05) is 20.8 Å². The van der Waals surface area contributed by atoms with Crippen molar-refractivity contribution < 1.29 is 13.6 Å². The standard InChI is InChI=1S/C26H21FN8O2/c1-26(2,3)25(36)31-15-6-14(7-28-8-15)21-20(27)19-17(11-30-21)34-35-23(19)24-32-18-10-29-9-16(22(18)33-24)13-4-5-37-12-13/h4-12H,1-3H3,(H,31,36)(H,32,33)(H,34,35). The highest BCUT2D eigenvalue weighted by molar-refractivity contribution is 5.98. The molecule has 1 amide bonds. The molecule has 0 aromatic carbocycles. The number of pyridine rings is 3. The number of imidazole rings is 1. The first-order valence-electron chi connectivity index (χ1n) is 11.5. The lowest BCUT2D eigenvalue weighted by molar-refractivity contribution is -0.123. The Morgan fingerprint density at radius 2 is 1.86 bits per heavy atom. The fourth-order valence-corrected chi connectivity index (χ4v) is 3.98. The van der Waals surface area contributed by atoms with Crippen LogP contribution in [0.4, 0.5) is 10.1 Å². The van der Waals surface area contributed by atoms with Gasteiger partial charge >= 0.3 is 0 Å². The molecule has 0 spiro atoms. The Morgan fingerprint density at radius 1 is 1.03 bits per heavy atom. The molecule has 0 atom stereocenters. The average Bonchev–Trinajstić information content (AvgIpc) is 3.63. The molecule has 184 valence electrons. The van der Waals surface area contributed by atoms with Crippen LogP contribution < -0.4 is 5.32 Å². The number of H-pyrrole nitrogens is 2. The van der Waals surface area contributed by atoms with Gasteiger partial charge in [0.25, 0.3) is 0 Å². The monoisotopic (exact) mass is 496 g/mol. The van der Waals surface area contributed by atoms with Gasteiger partial charge in [0.05, 0.1) is 53.2 Å². The van der Waals surface area contributed by atoms with E-state index in [2.05, 4.69) is 35.5 Å². The van der Waals surface area contributed by atoms with Crippen molar-refractivity contribution in [1.82, 2.24) is 35.1 Å². The highest BCUT2D eigenvalue weighted by Crippen LogP contribution is 2.34. The minimum absolute atomic E-state index is 0.0753. The normalized spacial score (nSPS) is 11.9. The molecule has 0 aliphatic carbocycles. The molecule has 6 rings (SSSR count). The number of nitrogens with one attached hydrogen (secondary N) is 3. The highest BCUT2D eigenvalue weighted by atomic mass is 19.1. The summed E-state index contributed by atoms with van der Waals surface area (Å²) in [5.41, 5.74) is 3.98. The maximum Gasteiger partial charge on any atom is 0.229 e. The van der Waals surface area contributed by atoms with Crippen molar-refractivity contribution in [3.8, 4) is 33.9 Å². The zero-order valence-electron chi connectivity index (χ0n) is 20.1. The number of anilines is 1. The van der Waals surface area contributed by atoms with E-state index in [4.69, 9.17) is 9.40 Å². The van der Waals surface area contributed by atoms with Crippen molar-refractivity contribution in [2.45, 2.75) is 20.8 Å². The largest absolute Gasteiger partial charge is 0.472 e. The van der Waals surface area contributed by atoms with Crippen LogP contribution in [0.5, 0.6) is 0 Å². The zero-order valence-corrected chi connectivity index (χ0v) is 20.1. The number of carbonyl (C=O) groups is 1. The molecule has 0 saturated carbocycles. The van der Waals surface area contributed by atoms with Crippen molar-refractivity contribution in [3.63, 3.8) is 0 Å². The molecule has 0 radical (unpaired) electrons. The zero-order chi connectivity index (χ0) is 25.7. The number of carbonyl (C=O) groups excluding carboxylic acids is 1. The number of furan rings is 1. The Bertz CT molecular complexity index is 1780. The van der Waals surface area contributed by atoms with Gasteiger partial charge < -0.3 is 14.7 Å². The van der Waals surface area contributed by atoms with E-state index >= 15 is 4.39 Å². The van der Waals surface area contributed by atoms with Gasteiger partial charge in [-0.15, -0.1) is 0 Å². The first-order chi connectivity index (χ1) is 17.8. The van der Waals surface area contributed by atoms with Gasteiger partial charge in [-0.05, 0) is 12.1 Å². The van der Waals surface area contributed by atoms with Crippen LogP contribution in [0.3, 0.4) is 0 Å². The van der Waals surface area contributed by atoms with Crippen molar-refractivity contribution in [1.29, 1.82) is 0 Å². The Labute approximate surface area is 209 Å². The number of aromatic nitrogens is 7. The summed E-state index contributed by atoms with van der Waals surface area (Å²) in [6, 6.07) is 3.45. The molecule has 6 aromatic heterocycles. The fourth-order valence-electron chi connectivity index (χ4n) is 3.98. The summed E-state index contributed by atoms with van der Waals surface area (Å²) >= 11 is 0. The molecule has 11 heteroatoms. The summed E-state index contributed by atoms with van der Waals surface area (Å²) in [4.78, 5) is 33.0.